The number of benzene rings is 2. The quantitative estimate of drug-likeness (QED) is 0.349. The van der Waals surface area contributed by atoms with E-state index in [2.05, 4.69) is 15.5 Å². The van der Waals surface area contributed by atoms with Crippen LogP contribution < -0.4 is 10.1 Å². The van der Waals surface area contributed by atoms with Crippen molar-refractivity contribution >= 4 is 29.0 Å². The highest BCUT2D eigenvalue weighted by atomic mass is 32.2. The molecule has 0 spiro atoms. The predicted molar refractivity (Wildman–Crippen MR) is 108 cm³/mol. The Hall–Kier alpha value is -3.40. The van der Waals surface area contributed by atoms with Crippen molar-refractivity contribution in [2.24, 2.45) is 0 Å². The maximum absolute atomic E-state index is 12.5. The molecule has 29 heavy (non-hydrogen) atoms. The number of nitrogens with one attached hydrogen (secondary N) is 1. The normalized spacial score (nSPS) is 11.7. The Labute approximate surface area is 170 Å². The number of carbonyl (C=O) groups excluding carboxylic acids is 1. The summed E-state index contributed by atoms with van der Waals surface area (Å²) >= 11 is 1.09. The SMILES string of the molecule is COc1ccc([N+](=O)[O-])cc1NC(=O)[C@@H](C)Sc1nnc(-c2ccccc2C)o1. The van der Waals surface area contributed by atoms with Gasteiger partial charge in [-0.2, -0.15) is 0 Å². The summed E-state index contributed by atoms with van der Waals surface area (Å²) in [5, 5.41) is 21.3. The van der Waals surface area contributed by atoms with Gasteiger partial charge < -0.3 is 14.5 Å². The van der Waals surface area contributed by atoms with Gasteiger partial charge in [0.2, 0.25) is 11.8 Å². The van der Waals surface area contributed by atoms with Crippen LogP contribution in [0.3, 0.4) is 0 Å². The molecule has 0 bridgehead atoms. The van der Waals surface area contributed by atoms with Gasteiger partial charge in [0.25, 0.3) is 10.9 Å². The minimum Gasteiger partial charge on any atom is -0.495 e. The van der Waals surface area contributed by atoms with Gasteiger partial charge in [-0.15, -0.1) is 10.2 Å². The number of carbonyl (C=O) groups is 1. The summed E-state index contributed by atoms with van der Waals surface area (Å²) < 4.78 is 10.8. The number of thioether (sulfide) groups is 1. The van der Waals surface area contributed by atoms with Crippen molar-refractivity contribution in [3.05, 3.63) is 58.1 Å². The number of hydrogen-bond donors (Lipinski definition) is 1. The topological polar surface area (TPSA) is 120 Å². The molecule has 0 aliphatic rings. The second-order valence-corrected chi connectivity index (χ2v) is 7.37. The molecule has 0 aliphatic carbocycles. The van der Waals surface area contributed by atoms with E-state index in [4.69, 9.17) is 9.15 Å². The molecule has 1 heterocycles. The zero-order chi connectivity index (χ0) is 21.0. The lowest BCUT2D eigenvalue weighted by atomic mass is 10.1. The molecular formula is C19H18N4O5S. The van der Waals surface area contributed by atoms with Gasteiger partial charge in [0.15, 0.2) is 0 Å². The molecule has 0 radical (unpaired) electrons. The van der Waals surface area contributed by atoms with Gasteiger partial charge >= 0.3 is 0 Å². The molecule has 1 atom stereocenters. The largest absolute Gasteiger partial charge is 0.495 e. The third-order valence-corrected chi connectivity index (χ3v) is 5.01. The Morgan fingerprint density at radius 1 is 1.28 bits per heavy atom. The van der Waals surface area contributed by atoms with E-state index in [1.54, 1.807) is 6.92 Å². The number of non-ortho nitro benzene ring substituents is 1. The maximum Gasteiger partial charge on any atom is 0.277 e. The Balaban J connectivity index is 1.71. The van der Waals surface area contributed by atoms with E-state index in [1.165, 1.54) is 25.3 Å². The van der Waals surface area contributed by atoms with Crippen molar-refractivity contribution in [3.63, 3.8) is 0 Å². The van der Waals surface area contributed by atoms with Crippen LogP contribution in [0, 0.1) is 17.0 Å². The first kappa shape index (κ1) is 20.3. The minimum atomic E-state index is -0.593. The molecule has 1 aromatic heterocycles. The summed E-state index contributed by atoms with van der Waals surface area (Å²) in [6, 6.07) is 11.6. The number of ether oxygens (including phenoxy) is 1. The first-order valence-corrected chi connectivity index (χ1v) is 9.46. The van der Waals surface area contributed by atoms with Gasteiger partial charge in [0.1, 0.15) is 5.75 Å². The first-order valence-electron chi connectivity index (χ1n) is 8.58. The van der Waals surface area contributed by atoms with Gasteiger partial charge in [0, 0.05) is 17.7 Å². The molecule has 0 fully saturated rings. The number of rotatable bonds is 7. The number of nitro benzene ring substituents is 1. The van der Waals surface area contributed by atoms with Gasteiger partial charge in [-0.1, -0.05) is 30.0 Å². The van der Waals surface area contributed by atoms with Crippen LogP contribution in [0.25, 0.3) is 11.5 Å². The predicted octanol–water partition coefficient (Wildman–Crippen LogP) is 4.08. The van der Waals surface area contributed by atoms with Crippen LogP contribution in [0.5, 0.6) is 5.75 Å². The molecule has 1 N–H and O–H groups in total. The fourth-order valence-corrected chi connectivity index (χ4v) is 3.21. The highest BCUT2D eigenvalue weighted by Crippen LogP contribution is 2.31. The van der Waals surface area contributed by atoms with Crippen LogP contribution in [0.2, 0.25) is 0 Å². The maximum atomic E-state index is 12.5. The molecule has 0 aliphatic heterocycles. The Bertz CT molecular complexity index is 1050. The molecule has 3 rings (SSSR count). The smallest absolute Gasteiger partial charge is 0.277 e. The van der Waals surface area contributed by atoms with Crippen molar-refractivity contribution < 1.29 is 18.9 Å². The fraction of sp³-hybridized carbons (Fsp3) is 0.211. The highest BCUT2D eigenvalue weighted by molar-refractivity contribution is 8.00. The molecule has 10 heteroatoms. The van der Waals surface area contributed by atoms with Crippen LogP contribution in [-0.4, -0.2) is 33.4 Å². The van der Waals surface area contributed by atoms with Gasteiger partial charge in [-0.3, -0.25) is 14.9 Å². The summed E-state index contributed by atoms with van der Waals surface area (Å²) in [4.78, 5) is 23.0. The van der Waals surface area contributed by atoms with Crippen molar-refractivity contribution in [1.82, 2.24) is 10.2 Å². The van der Waals surface area contributed by atoms with Crippen LogP contribution in [0.4, 0.5) is 11.4 Å². The Morgan fingerprint density at radius 2 is 2.03 bits per heavy atom. The molecule has 0 saturated heterocycles. The second-order valence-electron chi connectivity index (χ2n) is 6.08. The number of aromatic nitrogens is 2. The van der Waals surface area contributed by atoms with E-state index in [1.807, 2.05) is 31.2 Å². The van der Waals surface area contributed by atoms with Gasteiger partial charge in [-0.05, 0) is 31.5 Å². The molecule has 3 aromatic rings. The Kier molecular flexibility index (Phi) is 6.13. The summed E-state index contributed by atoms with van der Waals surface area (Å²) in [7, 11) is 1.42. The zero-order valence-electron chi connectivity index (χ0n) is 15.9. The van der Waals surface area contributed by atoms with Crippen molar-refractivity contribution in [2.75, 3.05) is 12.4 Å². The van der Waals surface area contributed by atoms with E-state index >= 15 is 0 Å². The monoisotopic (exact) mass is 414 g/mol. The molecule has 150 valence electrons. The van der Waals surface area contributed by atoms with Crippen LogP contribution >= 0.6 is 11.8 Å². The third kappa shape index (κ3) is 4.72. The van der Waals surface area contributed by atoms with Crippen molar-refractivity contribution in [2.45, 2.75) is 24.3 Å². The fourth-order valence-electron chi connectivity index (χ4n) is 2.53. The lowest BCUT2D eigenvalue weighted by molar-refractivity contribution is -0.384. The summed E-state index contributed by atoms with van der Waals surface area (Å²) in [6.45, 7) is 3.61. The lowest BCUT2D eigenvalue weighted by Crippen LogP contribution is -2.22. The number of hydrogen-bond acceptors (Lipinski definition) is 8. The van der Waals surface area contributed by atoms with Crippen LogP contribution in [0.1, 0.15) is 12.5 Å². The second kappa shape index (κ2) is 8.74. The van der Waals surface area contributed by atoms with Crippen molar-refractivity contribution in [3.8, 4) is 17.2 Å². The van der Waals surface area contributed by atoms with Crippen LogP contribution in [-0.2, 0) is 4.79 Å². The third-order valence-electron chi connectivity index (χ3n) is 4.08. The minimum absolute atomic E-state index is 0.152. The summed E-state index contributed by atoms with van der Waals surface area (Å²) in [6.07, 6.45) is 0. The highest BCUT2D eigenvalue weighted by Gasteiger charge is 2.21. The molecule has 0 unspecified atom stereocenters. The molecule has 1 amide bonds. The molecule has 9 nitrogen and oxygen atoms in total. The van der Waals surface area contributed by atoms with E-state index in [0.29, 0.717) is 11.6 Å². The standard InChI is InChI=1S/C19H18N4O5S/c1-11-6-4-5-7-14(11)18-21-22-19(28-18)29-12(2)17(24)20-15-10-13(23(25)26)8-9-16(15)27-3/h4-10,12H,1-3H3,(H,20,24)/t12-/m1/s1. The number of nitrogens with zero attached hydrogens (tertiary/aromatic N) is 3. The number of nitro groups is 1. The van der Waals surface area contributed by atoms with E-state index < -0.39 is 10.2 Å². The first-order chi connectivity index (χ1) is 13.9. The number of aryl methyl sites for hydroxylation is 1. The Morgan fingerprint density at radius 3 is 2.72 bits per heavy atom. The van der Waals surface area contributed by atoms with E-state index in [0.717, 1.165) is 22.9 Å². The lowest BCUT2D eigenvalue weighted by Gasteiger charge is -2.12. The van der Waals surface area contributed by atoms with Gasteiger partial charge in [-0.25, -0.2) is 0 Å². The molecular weight excluding hydrogens is 396 g/mol. The average Bonchev–Trinajstić information content (AvgIpc) is 3.16. The van der Waals surface area contributed by atoms with Crippen molar-refractivity contribution in [1.29, 1.82) is 0 Å². The van der Waals surface area contributed by atoms with E-state index in [9.17, 15) is 14.9 Å². The number of amides is 1. The van der Waals surface area contributed by atoms with Crippen LogP contribution in [0.15, 0.2) is 52.1 Å². The van der Waals surface area contributed by atoms with Gasteiger partial charge in [0.05, 0.1) is 23.0 Å². The molecule has 0 saturated carbocycles. The number of anilines is 1. The molecule has 2 aromatic carbocycles. The summed E-state index contributed by atoms with van der Waals surface area (Å²) in [5.41, 5.74) is 1.88. The average molecular weight is 414 g/mol. The van der Waals surface area contributed by atoms with E-state index in [-0.39, 0.29) is 22.5 Å². The number of methoxy groups -OCH3 is 1. The summed E-state index contributed by atoms with van der Waals surface area (Å²) in [5.74, 6) is 0.309. The zero-order valence-corrected chi connectivity index (χ0v) is 16.7.